The van der Waals surface area contributed by atoms with Crippen molar-refractivity contribution in [2.75, 3.05) is 24.6 Å². The number of hydrogen-bond acceptors (Lipinski definition) is 6. The lowest BCUT2D eigenvalue weighted by atomic mass is 10.1. The Hall–Kier alpha value is -0.150. The Kier molecular flexibility index (Phi) is 4.59. The molecule has 1 aromatic heterocycles. The van der Waals surface area contributed by atoms with E-state index in [2.05, 4.69) is 0 Å². The van der Waals surface area contributed by atoms with E-state index in [-0.39, 0.29) is 15.7 Å². The van der Waals surface area contributed by atoms with Gasteiger partial charge in [-0.3, -0.25) is 4.90 Å². The van der Waals surface area contributed by atoms with Crippen molar-refractivity contribution in [1.29, 1.82) is 0 Å². The van der Waals surface area contributed by atoms with Crippen molar-refractivity contribution in [3.63, 3.8) is 0 Å². The van der Waals surface area contributed by atoms with Gasteiger partial charge in [-0.05, 0) is 38.1 Å². The monoisotopic (exact) mass is 383 g/mol. The highest BCUT2D eigenvalue weighted by atomic mass is 35.5. The summed E-state index contributed by atoms with van der Waals surface area (Å²) in [6.07, 6.45) is 3.11. The van der Waals surface area contributed by atoms with Gasteiger partial charge in [0.15, 0.2) is 19.7 Å². The fourth-order valence-electron chi connectivity index (χ4n) is 3.28. The standard InChI is InChI=1S/C13H18ClNO4S3/c14-12-4-5-13(20-12)22(18,19)11-9-21(16,17)8-10(11)15-6-2-1-3-7-15/h4-5,10-11H,1-3,6-9H2/t10-,11-/m0/s1. The van der Waals surface area contributed by atoms with E-state index in [0.717, 1.165) is 43.7 Å². The number of nitrogens with zero attached hydrogens (tertiary/aromatic N) is 1. The van der Waals surface area contributed by atoms with Crippen LogP contribution in [-0.4, -0.2) is 57.6 Å². The number of thiophene rings is 1. The summed E-state index contributed by atoms with van der Waals surface area (Å²) in [4.78, 5) is 2.05. The van der Waals surface area contributed by atoms with Crippen LogP contribution in [0.25, 0.3) is 0 Å². The minimum absolute atomic E-state index is 0.0595. The molecule has 0 aliphatic carbocycles. The van der Waals surface area contributed by atoms with Crippen molar-refractivity contribution in [3.05, 3.63) is 16.5 Å². The molecule has 0 saturated carbocycles. The Morgan fingerprint density at radius 1 is 1.14 bits per heavy atom. The van der Waals surface area contributed by atoms with Gasteiger partial charge in [-0.2, -0.15) is 0 Å². The molecule has 0 spiro atoms. The van der Waals surface area contributed by atoms with Crippen LogP contribution in [-0.2, 0) is 19.7 Å². The quantitative estimate of drug-likeness (QED) is 0.796. The van der Waals surface area contributed by atoms with Crippen molar-refractivity contribution in [2.45, 2.75) is 34.8 Å². The van der Waals surface area contributed by atoms with Crippen LogP contribution in [0.4, 0.5) is 0 Å². The van der Waals surface area contributed by atoms with Crippen LogP contribution >= 0.6 is 22.9 Å². The van der Waals surface area contributed by atoms with Crippen molar-refractivity contribution >= 4 is 42.6 Å². The van der Waals surface area contributed by atoms with E-state index < -0.39 is 31.0 Å². The molecule has 9 heteroatoms. The molecule has 2 atom stereocenters. The van der Waals surface area contributed by atoms with E-state index in [4.69, 9.17) is 11.6 Å². The number of halogens is 1. The van der Waals surface area contributed by atoms with E-state index in [1.54, 1.807) is 6.07 Å². The first-order valence-corrected chi connectivity index (χ1v) is 11.8. The van der Waals surface area contributed by atoms with Crippen LogP contribution in [0.1, 0.15) is 19.3 Å². The Labute approximate surface area is 140 Å². The van der Waals surface area contributed by atoms with Crippen molar-refractivity contribution in [2.24, 2.45) is 0 Å². The first-order chi connectivity index (χ1) is 10.3. The molecule has 0 N–H and O–H groups in total. The first kappa shape index (κ1) is 16.7. The van der Waals surface area contributed by atoms with Crippen molar-refractivity contribution < 1.29 is 16.8 Å². The summed E-state index contributed by atoms with van der Waals surface area (Å²) in [5, 5.41) is -0.884. The lowest BCUT2D eigenvalue weighted by Gasteiger charge is -2.34. The molecule has 2 aliphatic rings. The van der Waals surface area contributed by atoms with Crippen molar-refractivity contribution in [3.8, 4) is 0 Å². The molecular formula is C13H18ClNO4S3. The lowest BCUT2D eigenvalue weighted by molar-refractivity contribution is 0.178. The fourth-order valence-corrected chi connectivity index (χ4v) is 9.82. The molecule has 22 heavy (non-hydrogen) atoms. The summed E-state index contributed by atoms with van der Waals surface area (Å²) in [5.74, 6) is -0.345. The molecule has 5 nitrogen and oxygen atoms in total. The van der Waals surface area contributed by atoms with E-state index >= 15 is 0 Å². The second kappa shape index (κ2) is 6.05. The topological polar surface area (TPSA) is 71.5 Å². The third-order valence-corrected chi connectivity index (χ3v) is 10.2. The van der Waals surface area contributed by atoms with Gasteiger partial charge in [0.1, 0.15) is 4.21 Å². The van der Waals surface area contributed by atoms with Gasteiger partial charge >= 0.3 is 0 Å². The predicted octanol–water partition coefficient (Wildman–Crippen LogP) is 1.83. The minimum Gasteiger partial charge on any atom is -0.298 e. The Bertz CT molecular complexity index is 750. The van der Waals surface area contributed by atoms with Crippen molar-refractivity contribution in [1.82, 2.24) is 4.90 Å². The summed E-state index contributed by atoms with van der Waals surface area (Å²) in [6, 6.07) is 2.58. The smallest absolute Gasteiger partial charge is 0.193 e. The summed E-state index contributed by atoms with van der Waals surface area (Å²) >= 11 is 6.83. The molecule has 0 unspecified atom stereocenters. The molecule has 0 radical (unpaired) electrons. The maximum Gasteiger partial charge on any atom is 0.193 e. The third kappa shape index (κ3) is 3.21. The van der Waals surface area contributed by atoms with Crippen LogP contribution in [0.3, 0.4) is 0 Å². The maximum absolute atomic E-state index is 12.8. The third-order valence-electron chi connectivity index (χ3n) is 4.36. The Morgan fingerprint density at radius 3 is 2.41 bits per heavy atom. The first-order valence-electron chi connectivity index (χ1n) is 7.23. The zero-order valence-electron chi connectivity index (χ0n) is 11.9. The highest BCUT2D eigenvalue weighted by Gasteiger charge is 2.48. The maximum atomic E-state index is 12.8. The molecular weight excluding hydrogens is 366 g/mol. The SMILES string of the molecule is O=S1(=O)C[C@H](N2CCCCC2)[C@@H](S(=O)(=O)c2ccc(Cl)s2)C1. The zero-order valence-corrected chi connectivity index (χ0v) is 15.1. The Morgan fingerprint density at radius 2 is 1.82 bits per heavy atom. The van der Waals surface area contributed by atoms with E-state index in [0.29, 0.717) is 4.34 Å². The largest absolute Gasteiger partial charge is 0.298 e. The minimum atomic E-state index is -3.67. The predicted molar refractivity (Wildman–Crippen MR) is 88.2 cm³/mol. The fraction of sp³-hybridized carbons (Fsp3) is 0.692. The summed E-state index contributed by atoms with van der Waals surface area (Å²) in [6.45, 7) is 1.55. The second-order valence-electron chi connectivity index (χ2n) is 5.88. The molecule has 0 aromatic carbocycles. The normalized spacial score (nSPS) is 29.7. The average molecular weight is 384 g/mol. The van der Waals surface area contributed by atoms with Gasteiger partial charge in [0.2, 0.25) is 0 Å². The van der Waals surface area contributed by atoms with Crippen LogP contribution in [0.15, 0.2) is 16.3 Å². The molecule has 2 fully saturated rings. The van der Waals surface area contributed by atoms with Gasteiger partial charge in [0, 0.05) is 6.04 Å². The van der Waals surface area contributed by atoms with Gasteiger partial charge in [-0.25, -0.2) is 16.8 Å². The molecule has 124 valence electrons. The van der Waals surface area contributed by atoms with E-state index in [1.165, 1.54) is 6.07 Å². The lowest BCUT2D eigenvalue weighted by Crippen LogP contribution is -2.48. The van der Waals surface area contributed by atoms with Crippen LogP contribution < -0.4 is 0 Å². The van der Waals surface area contributed by atoms with Gasteiger partial charge < -0.3 is 0 Å². The van der Waals surface area contributed by atoms with E-state index in [1.807, 2.05) is 4.90 Å². The highest BCUT2D eigenvalue weighted by Crippen LogP contribution is 2.34. The highest BCUT2D eigenvalue weighted by molar-refractivity contribution is 7.97. The van der Waals surface area contributed by atoms with Gasteiger partial charge in [0.05, 0.1) is 21.1 Å². The Balaban J connectivity index is 1.95. The molecule has 2 saturated heterocycles. The van der Waals surface area contributed by atoms with Gasteiger partial charge in [-0.15, -0.1) is 11.3 Å². The molecule has 1 aromatic rings. The van der Waals surface area contributed by atoms with Crippen LogP contribution in [0.2, 0.25) is 4.34 Å². The van der Waals surface area contributed by atoms with Crippen LogP contribution in [0, 0.1) is 0 Å². The number of rotatable bonds is 3. The number of piperidine rings is 1. The molecule has 3 rings (SSSR count). The number of hydrogen-bond donors (Lipinski definition) is 0. The summed E-state index contributed by atoms with van der Waals surface area (Å²) < 4.78 is 50.4. The average Bonchev–Trinajstić information content (AvgIpc) is 3.04. The van der Waals surface area contributed by atoms with Crippen LogP contribution in [0.5, 0.6) is 0 Å². The number of sulfone groups is 2. The number of likely N-dealkylation sites (tertiary alicyclic amines) is 1. The molecule has 0 bridgehead atoms. The van der Waals surface area contributed by atoms with Gasteiger partial charge in [0.25, 0.3) is 0 Å². The van der Waals surface area contributed by atoms with E-state index in [9.17, 15) is 16.8 Å². The summed E-state index contributed by atoms with van der Waals surface area (Å²) in [7, 11) is -7.00. The zero-order chi connectivity index (χ0) is 16.0. The second-order valence-corrected chi connectivity index (χ2v) is 12.1. The van der Waals surface area contributed by atoms with Gasteiger partial charge in [-0.1, -0.05) is 18.0 Å². The molecule has 3 heterocycles. The molecule has 0 amide bonds. The summed E-state index contributed by atoms with van der Waals surface area (Å²) in [5.41, 5.74) is 0. The molecule has 2 aliphatic heterocycles.